The minimum Gasteiger partial charge on any atom is -0.493 e. The van der Waals surface area contributed by atoms with Crippen LogP contribution in [0.4, 0.5) is 5.95 Å². The van der Waals surface area contributed by atoms with E-state index in [1.54, 1.807) is 11.8 Å². The fourth-order valence-corrected chi connectivity index (χ4v) is 4.41. The van der Waals surface area contributed by atoms with Crippen molar-refractivity contribution in [2.75, 3.05) is 12.4 Å². The SMILES string of the molecule is COc1cc([C@@H]2C(C(=O)NCc3ccccc3)=C(C)Nc3ncnn32)ccc1OCc1ccc(Cl)cc1. The molecule has 0 aliphatic carbocycles. The number of ether oxygens (including phenoxy) is 2. The molecule has 1 aliphatic heterocycles. The maximum Gasteiger partial charge on any atom is 0.251 e. The monoisotopic (exact) mass is 515 g/mol. The van der Waals surface area contributed by atoms with Gasteiger partial charge in [-0.1, -0.05) is 60.1 Å². The highest BCUT2D eigenvalue weighted by Gasteiger charge is 2.33. The van der Waals surface area contributed by atoms with E-state index >= 15 is 0 Å². The normalized spacial score (nSPS) is 14.5. The van der Waals surface area contributed by atoms with Gasteiger partial charge >= 0.3 is 0 Å². The number of hydrogen-bond acceptors (Lipinski definition) is 6. The number of amides is 1. The molecule has 0 bridgehead atoms. The zero-order valence-electron chi connectivity index (χ0n) is 20.4. The predicted molar refractivity (Wildman–Crippen MR) is 142 cm³/mol. The van der Waals surface area contributed by atoms with E-state index in [0.29, 0.717) is 46.9 Å². The molecule has 2 heterocycles. The molecule has 0 fully saturated rings. The number of carbonyl (C=O) groups is 1. The van der Waals surface area contributed by atoms with Gasteiger partial charge in [-0.25, -0.2) is 4.68 Å². The molecule has 0 saturated heterocycles. The summed E-state index contributed by atoms with van der Waals surface area (Å²) in [5, 5.41) is 11.3. The summed E-state index contributed by atoms with van der Waals surface area (Å²) >= 11 is 5.98. The van der Waals surface area contributed by atoms with E-state index in [2.05, 4.69) is 20.7 Å². The molecule has 9 heteroatoms. The molecule has 5 rings (SSSR count). The molecule has 4 aromatic rings. The quantitative estimate of drug-likeness (QED) is 0.338. The Balaban J connectivity index is 1.43. The lowest BCUT2D eigenvalue weighted by atomic mass is 9.94. The van der Waals surface area contributed by atoms with Gasteiger partial charge in [-0.05, 0) is 47.9 Å². The van der Waals surface area contributed by atoms with Crippen molar-refractivity contribution >= 4 is 23.5 Å². The molecular weight excluding hydrogens is 490 g/mol. The Labute approximate surface area is 219 Å². The van der Waals surface area contributed by atoms with Crippen molar-refractivity contribution in [3.8, 4) is 11.5 Å². The van der Waals surface area contributed by atoms with Gasteiger partial charge in [0.05, 0.1) is 12.7 Å². The molecule has 1 atom stereocenters. The van der Waals surface area contributed by atoms with Crippen LogP contribution in [0.25, 0.3) is 0 Å². The van der Waals surface area contributed by atoms with Gasteiger partial charge < -0.3 is 20.1 Å². The first-order valence-corrected chi connectivity index (χ1v) is 12.2. The fourth-order valence-electron chi connectivity index (χ4n) is 4.28. The van der Waals surface area contributed by atoms with E-state index in [1.165, 1.54) is 6.33 Å². The highest BCUT2D eigenvalue weighted by atomic mass is 35.5. The van der Waals surface area contributed by atoms with Crippen LogP contribution in [0.2, 0.25) is 5.02 Å². The first kappa shape index (κ1) is 24.4. The summed E-state index contributed by atoms with van der Waals surface area (Å²) < 4.78 is 13.4. The van der Waals surface area contributed by atoms with Crippen LogP contribution in [0.15, 0.2) is 90.4 Å². The van der Waals surface area contributed by atoms with Crippen molar-refractivity contribution in [2.24, 2.45) is 0 Å². The summed E-state index contributed by atoms with van der Waals surface area (Å²) in [6.45, 7) is 2.64. The van der Waals surface area contributed by atoms with Crippen LogP contribution in [-0.4, -0.2) is 27.8 Å². The third-order valence-corrected chi connectivity index (χ3v) is 6.40. The molecule has 1 amide bonds. The Bertz CT molecular complexity index is 1430. The Morgan fingerprint density at radius 3 is 2.59 bits per heavy atom. The van der Waals surface area contributed by atoms with Gasteiger partial charge in [0.25, 0.3) is 5.91 Å². The van der Waals surface area contributed by atoms with Gasteiger partial charge in [-0.3, -0.25) is 4.79 Å². The van der Waals surface area contributed by atoms with Crippen molar-refractivity contribution in [1.29, 1.82) is 0 Å². The molecule has 0 unspecified atom stereocenters. The van der Waals surface area contributed by atoms with Gasteiger partial charge in [0.15, 0.2) is 11.5 Å². The summed E-state index contributed by atoms with van der Waals surface area (Å²) in [6.07, 6.45) is 1.47. The number of nitrogens with one attached hydrogen (secondary N) is 2. The van der Waals surface area contributed by atoms with E-state index < -0.39 is 6.04 Å². The lowest BCUT2D eigenvalue weighted by Crippen LogP contribution is -2.34. The molecule has 2 N–H and O–H groups in total. The summed E-state index contributed by atoms with van der Waals surface area (Å²) in [6, 6.07) is 22.4. The summed E-state index contributed by atoms with van der Waals surface area (Å²) in [4.78, 5) is 17.8. The topological polar surface area (TPSA) is 90.3 Å². The Morgan fingerprint density at radius 1 is 1.05 bits per heavy atom. The Kier molecular flexibility index (Phi) is 7.09. The Hall–Kier alpha value is -4.30. The second-order valence-electron chi connectivity index (χ2n) is 8.59. The molecule has 37 heavy (non-hydrogen) atoms. The van der Waals surface area contributed by atoms with Crippen LogP contribution in [0.3, 0.4) is 0 Å². The number of halogens is 1. The first-order valence-electron chi connectivity index (χ1n) is 11.8. The molecule has 0 saturated carbocycles. The molecule has 0 radical (unpaired) electrons. The van der Waals surface area contributed by atoms with E-state index in [0.717, 1.165) is 16.7 Å². The lowest BCUT2D eigenvalue weighted by molar-refractivity contribution is -0.118. The summed E-state index contributed by atoms with van der Waals surface area (Å²) in [7, 11) is 1.59. The number of rotatable bonds is 8. The van der Waals surface area contributed by atoms with E-state index in [1.807, 2.05) is 79.7 Å². The van der Waals surface area contributed by atoms with E-state index in [9.17, 15) is 4.79 Å². The second-order valence-corrected chi connectivity index (χ2v) is 9.02. The van der Waals surface area contributed by atoms with Crippen molar-refractivity contribution in [3.63, 3.8) is 0 Å². The zero-order valence-corrected chi connectivity index (χ0v) is 21.2. The van der Waals surface area contributed by atoms with Gasteiger partial charge in [0, 0.05) is 17.3 Å². The molecule has 1 aliphatic rings. The first-order chi connectivity index (χ1) is 18.0. The highest BCUT2D eigenvalue weighted by Crippen LogP contribution is 2.38. The molecule has 1 aromatic heterocycles. The number of benzene rings is 3. The summed E-state index contributed by atoms with van der Waals surface area (Å²) in [5.74, 6) is 1.50. The molecular formula is C28H26ClN5O3. The number of hydrogen-bond donors (Lipinski definition) is 2. The largest absolute Gasteiger partial charge is 0.493 e. The van der Waals surface area contributed by atoms with Gasteiger partial charge in [-0.2, -0.15) is 10.1 Å². The zero-order chi connectivity index (χ0) is 25.8. The average molecular weight is 516 g/mol. The smallest absolute Gasteiger partial charge is 0.251 e. The van der Waals surface area contributed by atoms with Crippen LogP contribution in [-0.2, 0) is 17.9 Å². The van der Waals surface area contributed by atoms with Crippen molar-refractivity contribution in [3.05, 3.63) is 112 Å². The van der Waals surface area contributed by atoms with Crippen LogP contribution >= 0.6 is 11.6 Å². The third kappa shape index (κ3) is 5.29. The van der Waals surface area contributed by atoms with Gasteiger partial charge in [0.1, 0.15) is 19.0 Å². The number of methoxy groups -OCH3 is 1. The average Bonchev–Trinajstić information content (AvgIpc) is 3.39. The highest BCUT2D eigenvalue weighted by molar-refractivity contribution is 6.30. The fraction of sp³-hybridized carbons (Fsp3) is 0.179. The van der Waals surface area contributed by atoms with Crippen LogP contribution in [0.1, 0.15) is 29.7 Å². The molecule has 8 nitrogen and oxygen atoms in total. The van der Waals surface area contributed by atoms with Crippen LogP contribution in [0, 0.1) is 0 Å². The number of aromatic nitrogens is 3. The van der Waals surface area contributed by atoms with Crippen LogP contribution in [0.5, 0.6) is 11.5 Å². The van der Waals surface area contributed by atoms with Crippen LogP contribution < -0.4 is 20.1 Å². The van der Waals surface area contributed by atoms with Crippen molar-refractivity contribution in [1.82, 2.24) is 20.1 Å². The predicted octanol–water partition coefficient (Wildman–Crippen LogP) is 5.12. The number of carbonyl (C=O) groups excluding carboxylic acids is 1. The molecule has 0 spiro atoms. The standard InChI is InChI=1S/C28H26ClN5O3/c1-18-25(27(35)30-15-19-6-4-3-5-7-19)26(34-28(33-18)31-17-32-34)21-10-13-23(24(14-21)36-2)37-16-20-8-11-22(29)12-9-20/h3-14,17,26H,15-16H2,1-2H3,(H,30,35)(H,31,32,33)/t26-/m1/s1. The van der Waals surface area contributed by atoms with Crippen molar-refractivity contribution in [2.45, 2.75) is 26.1 Å². The minimum absolute atomic E-state index is 0.193. The lowest BCUT2D eigenvalue weighted by Gasteiger charge is -2.29. The second kappa shape index (κ2) is 10.8. The number of anilines is 1. The number of allylic oxidation sites excluding steroid dienone is 1. The Morgan fingerprint density at radius 2 is 1.84 bits per heavy atom. The maximum absolute atomic E-state index is 13.5. The number of fused-ring (bicyclic) bond motifs is 1. The summed E-state index contributed by atoms with van der Waals surface area (Å²) in [5.41, 5.74) is 4.06. The van der Waals surface area contributed by atoms with Gasteiger partial charge in [0.2, 0.25) is 5.95 Å². The van der Waals surface area contributed by atoms with Gasteiger partial charge in [-0.15, -0.1) is 0 Å². The number of nitrogens with zero attached hydrogens (tertiary/aromatic N) is 3. The van der Waals surface area contributed by atoms with E-state index in [4.69, 9.17) is 21.1 Å². The third-order valence-electron chi connectivity index (χ3n) is 6.15. The molecule has 188 valence electrons. The maximum atomic E-state index is 13.5. The minimum atomic E-state index is -0.506. The van der Waals surface area contributed by atoms with E-state index in [-0.39, 0.29) is 5.91 Å². The molecule has 3 aromatic carbocycles. The van der Waals surface area contributed by atoms with Crippen molar-refractivity contribution < 1.29 is 14.3 Å².